The standard InChI is InChI=1S/C12H15BrN2O3S/c1-9(16)15-6-2-3-10-4-5-11(7-12(10)15)14-19(17,18)8-13/h4-5,7,14H,2-3,6,8H2,1H3. The Balaban J connectivity index is 2.36. The van der Waals surface area contributed by atoms with Gasteiger partial charge in [0.1, 0.15) is 4.66 Å². The van der Waals surface area contributed by atoms with Crippen molar-refractivity contribution in [1.82, 2.24) is 0 Å². The number of carbonyl (C=O) groups excluding carboxylic acids is 1. The number of amides is 1. The van der Waals surface area contributed by atoms with Gasteiger partial charge in [0, 0.05) is 19.2 Å². The van der Waals surface area contributed by atoms with Gasteiger partial charge >= 0.3 is 0 Å². The van der Waals surface area contributed by atoms with Crippen LogP contribution in [0.3, 0.4) is 0 Å². The lowest BCUT2D eigenvalue weighted by atomic mass is 10.0. The summed E-state index contributed by atoms with van der Waals surface area (Å²) in [5.74, 6) is -0.0264. The van der Waals surface area contributed by atoms with E-state index in [4.69, 9.17) is 0 Å². The highest BCUT2D eigenvalue weighted by Crippen LogP contribution is 2.30. The molecule has 1 amide bonds. The monoisotopic (exact) mass is 346 g/mol. The van der Waals surface area contributed by atoms with Gasteiger partial charge in [-0.05, 0) is 30.5 Å². The molecule has 0 bridgehead atoms. The zero-order valence-corrected chi connectivity index (χ0v) is 12.9. The van der Waals surface area contributed by atoms with Crippen molar-refractivity contribution in [2.45, 2.75) is 19.8 Å². The molecule has 1 aromatic rings. The Labute approximate surface area is 121 Å². The molecule has 2 rings (SSSR count). The van der Waals surface area contributed by atoms with Gasteiger partial charge in [-0.2, -0.15) is 0 Å². The fraction of sp³-hybridized carbons (Fsp3) is 0.417. The summed E-state index contributed by atoms with van der Waals surface area (Å²) in [6.07, 6.45) is 1.84. The van der Waals surface area contributed by atoms with Crippen molar-refractivity contribution < 1.29 is 13.2 Å². The first-order chi connectivity index (χ1) is 8.93. The van der Waals surface area contributed by atoms with Crippen LogP contribution in [0.2, 0.25) is 0 Å². The van der Waals surface area contributed by atoms with Gasteiger partial charge < -0.3 is 4.90 Å². The van der Waals surface area contributed by atoms with E-state index in [0.29, 0.717) is 12.2 Å². The zero-order valence-electron chi connectivity index (χ0n) is 10.5. The van der Waals surface area contributed by atoms with E-state index in [-0.39, 0.29) is 10.6 Å². The summed E-state index contributed by atoms with van der Waals surface area (Å²) >= 11 is 2.92. The second-order valence-corrected chi connectivity index (χ2v) is 7.47. The van der Waals surface area contributed by atoms with Crippen molar-refractivity contribution in [2.75, 3.05) is 20.8 Å². The molecular formula is C12H15BrN2O3S. The summed E-state index contributed by atoms with van der Waals surface area (Å²) in [6, 6.07) is 5.31. The summed E-state index contributed by atoms with van der Waals surface area (Å²) in [5, 5.41) is 0. The van der Waals surface area contributed by atoms with Crippen molar-refractivity contribution in [3.8, 4) is 0 Å². The highest BCUT2D eigenvalue weighted by Gasteiger charge is 2.20. The number of sulfonamides is 1. The van der Waals surface area contributed by atoms with Crippen LogP contribution in [0.5, 0.6) is 0 Å². The third kappa shape index (κ3) is 3.27. The number of hydrogen-bond donors (Lipinski definition) is 1. The van der Waals surface area contributed by atoms with Gasteiger partial charge in [0.2, 0.25) is 15.9 Å². The van der Waals surface area contributed by atoms with Crippen molar-refractivity contribution in [2.24, 2.45) is 0 Å². The van der Waals surface area contributed by atoms with E-state index in [1.54, 1.807) is 17.0 Å². The Hall–Kier alpha value is -1.08. The van der Waals surface area contributed by atoms with Crippen molar-refractivity contribution >= 4 is 43.2 Å². The maximum atomic E-state index is 11.6. The zero-order chi connectivity index (χ0) is 14.0. The maximum absolute atomic E-state index is 11.6. The number of carbonyl (C=O) groups is 1. The smallest absolute Gasteiger partial charge is 0.242 e. The van der Waals surface area contributed by atoms with E-state index in [2.05, 4.69) is 20.7 Å². The number of benzene rings is 1. The van der Waals surface area contributed by atoms with Crippen LogP contribution in [-0.2, 0) is 21.2 Å². The van der Waals surface area contributed by atoms with E-state index in [0.717, 1.165) is 24.1 Å². The number of fused-ring (bicyclic) bond motifs is 1. The number of aryl methyl sites for hydroxylation is 1. The van der Waals surface area contributed by atoms with Gasteiger partial charge in [0.25, 0.3) is 0 Å². The lowest BCUT2D eigenvalue weighted by Gasteiger charge is -2.29. The molecule has 1 aliphatic rings. The Morgan fingerprint density at radius 3 is 2.84 bits per heavy atom. The molecular weight excluding hydrogens is 332 g/mol. The molecule has 104 valence electrons. The quantitative estimate of drug-likeness (QED) is 0.852. The van der Waals surface area contributed by atoms with Gasteiger partial charge in [-0.15, -0.1) is 0 Å². The Kier molecular flexibility index (Phi) is 4.15. The fourth-order valence-electron chi connectivity index (χ4n) is 2.17. The SMILES string of the molecule is CC(=O)N1CCCc2ccc(NS(=O)(=O)CBr)cc21. The minimum atomic E-state index is -3.37. The Morgan fingerprint density at radius 2 is 2.21 bits per heavy atom. The van der Waals surface area contributed by atoms with Gasteiger partial charge in [0.05, 0.1) is 5.69 Å². The molecule has 0 unspecified atom stereocenters. The number of hydrogen-bond acceptors (Lipinski definition) is 3. The molecule has 0 atom stereocenters. The Bertz CT molecular complexity index is 601. The normalized spacial score (nSPS) is 14.9. The second kappa shape index (κ2) is 5.50. The van der Waals surface area contributed by atoms with Crippen LogP contribution in [-0.4, -0.2) is 25.5 Å². The first-order valence-electron chi connectivity index (χ1n) is 5.90. The van der Waals surface area contributed by atoms with Crippen LogP contribution in [0.15, 0.2) is 18.2 Å². The molecule has 1 aliphatic heterocycles. The number of nitrogens with zero attached hydrogens (tertiary/aromatic N) is 1. The van der Waals surface area contributed by atoms with E-state index in [1.807, 2.05) is 6.07 Å². The van der Waals surface area contributed by atoms with Crippen LogP contribution in [0.1, 0.15) is 18.9 Å². The van der Waals surface area contributed by atoms with Crippen LogP contribution < -0.4 is 9.62 Å². The molecule has 0 spiro atoms. The summed E-state index contributed by atoms with van der Waals surface area (Å²) < 4.78 is 25.3. The highest BCUT2D eigenvalue weighted by atomic mass is 79.9. The summed E-state index contributed by atoms with van der Waals surface area (Å²) in [7, 11) is -3.37. The minimum absolute atomic E-state index is 0.0264. The molecule has 0 aromatic heterocycles. The first-order valence-corrected chi connectivity index (χ1v) is 8.68. The molecule has 0 radical (unpaired) electrons. The number of nitrogens with one attached hydrogen (secondary N) is 1. The van der Waals surface area contributed by atoms with Gasteiger partial charge in [-0.1, -0.05) is 22.0 Å². The van der Waals surface area contributed by atoms with Crippen LogP contribution in [0.4, 0.5) is 11.4 Å². The molecule has 0 saturated heterocycles. The lowest BCUT2D eigenvalue weighted by molar-refractivity contribution is -0.116. The second-order valence-electron chi connectivity index (χ2n) is 4.44. The van der Waals surface area contributed by atoms with Crippen molar-refractivity contribution in [3.63, 3.8) is 0 Å². The summed E-state index contributed by atoms with van der Waals surface area (Å²) in [4.78, 5) is 13.3. The van der Waals surface area contributed by atoms with E-state index in [9.17, 15) is 13.2 Å². The van der Waals surface area contributed by atoms with Gasteiger partial charge in [-0.25, -0.2) is 8.42 Å². The number of alkyl halides is 1. The predicted octanol–water partition coefficient (Wildman–Crippen LogP) is 2.08. The van der Waals surface area contributed by atoms with Crippen molar-refractivity contribution in [1.29, 1.82) is 0 Å². The summed E-state index contributed by atoms with van der Waals surface area (Å²) in [6.45, 7) is 2.20. The minimum Gasteiger partial charge on any atom is -0.312 e. The molecule has 1 aromatic carbocycles. The van der Waals surface area contributed by atoms with Gasteiger partial charge in [0.15, 0.2) is 0 Å². The molecule has 5 nitrogen and oxygen atoms in total. The Morgan fingerprint density at radius 1 is 1.47 bits per heavy atom. The molecule has 0 saturated carbocycles. The third-order valence-electron chi connectivity index (χ3n) is 3.00. The molecule has 19 heavy (non-hydrogen) atoms. The van der Waals surface area contributed by atoms with E-state index >= 15 is 0 Å². The van der Waals surface area contributed by atoms with Gasteiger partial charge in [-0.3, -0.25) is 9.52 Å². The third-order valence-corrected chi connectivity index (χ3v) is 5.64. The maximum Gasteiger partial charge on any atom is 0.242 e. The molecule has 0 aliphatic carbocycles. The molecule has 7 heteroatoms. The average molecular weight is 347 g/mol. The summed E-state index contributed by atoms with van der Waals surface area (Å²) in [5.41, 5.74) is 2.35. The molecule has 1 heterocycles. The topological polar surface area (TPSA) is 66.5 Å². The predicted molar refractivity (Wildman–Crippen MR) is 79.1 cm³/mol. The fourth-order valence-corrected chi connectivity index (χ4v) is 3.06. The number of halogens is 1. The number of rotatable bonds is 3. The van der Waals surface area contributed by atoms with Crippen LogP contribution in [0.25, 0.3) is 0 Å². The van der Waals surface area contributed by atoms with Crippen LogP contribution in [0, 0.1) is 0 Å². The molecule has 1 N–H and O–H groups in total. The van der Waals surface area contributed by atoms with Crippen LogP contribution >= 0.6 is 15.9 Å². The largest absolute Gasteiger partial charge is 0.312 e. The lowest BCUT2D eigenvalue weighted by Crippen LogP contribution is -2.33. The highest BCUT2D eigenvalue weighted by molar-refractivity contribution is 9.10. The number of anilines is 2. The van der Waals surface area contributed by atoms with Crippen molar-refractivity contribution in [3.05, 3.63) is 23.8 Å². The average Bonchev–Trinajstić information content (AvgIpc) is 2.37. The van der Waals surface area contributed by atoms with E-state index < -0.39 is 10.0 Å². The first kappa shape index (κ1) is 14.3. The van der Waals surface area contributed by atoms with E-state index in [1.165, 1.54) is 6.92 Å². The molecule has 0 fully saturated rings.